The van der Waals surface area contributed by atoms with E-state index in [1.165, 1.54) is 0 Å². The lowest BCUT2D eigenvalue weighted by Gasteiger charge is -2.17. The number of benzene rings is 1. The van der Waals surface area contributed by atoms with E-state index < -0.39 is 0 Å². The fourth-order valence-corrected chi connectivity index (χ4v) is 1.72. The summed E-state index contributed by atoms with van der Waals surface area (Å²) in [6.07, 6.45) is 0. The number of rotatable bonds is 7. The average molecular weight is 292 g/mol. The number of likely N-dealkylation sites (N-methyl/N-ethyl adjacent to an activating group) is 1. The van der Waals surface area contributed by atoms with Gasteiger partial charge in [0.25, 0.3) is 0 Å². The monoisotopic (exact) mass is 292 g/mol. The van der Waals surface area contributed by atoms with Crippen LogP contribution in [0.5, 0.6) is 0 Å². The Hall–Kier alpha value is -2.08. The quantitative estimate of drug-likeness (QED) is 0.652. The molecule has 0 fully saturated rings. The molecule has 0 saturated heterocycles. The number of carbonyl (C=O) groups excluding carboxylic acids is 2. The number of nitrogens with one attached hydrogen (secondary N) is 2. The van der Waals surface area contributed by atoms with E-state index in [2.05, 4.69) is 10.6 Å². The number of nitrogens with zero attached hydrogens (tertiary/aromatic N) is 1. The van der Waals surface area contributed by atoms with Crippen molar-refractivity contribution in [3.05, 3.63) is 24.3 Å². The summed E-state index contributed by atoms with van der Waals surface area (Å²) in [6, 6.07) is 7.06. The number of para-hydroxylation sites is 2. The maximum Gasteiger partial charge on any atom is 0.238 e. The Labute approximate surface area is 125 Å². The van der Waals surface area contributed by atoms with E-state index in [1.54, 1.807) is 36.2 Å². The topological polar surface area (TPSA) is 87.5 Å². The Balaban J connectivity index is 2.37. The van der Waals surface area contributed by atoms with Crippen molar-refractivity contribution in [3.63, 3.8) is 0 Å². The SMILES string of the molecule is CC(C)CNC(=O)CN(C)CC(=O)Nc1ccccc1N. The molecule has 21 heavy (non-hydrogen) atoms. The summed E-state index contributed by atoms with van der Waals surface area (Å²) in [5.74, 6) is 0.119. The molecule has 1 rings (SSSR count). The van der Waals surface area contributed by atoms with E-state index >= 15 is 0 Å². The average Bonchev–Trinajstić information content (AvgIpc) is 2.38. The standard InChI is InChI=1S/C15H24N4O2/c1-11(2)8-17-14(20)9-19(3)10-15(21)18-13-7-5-4-6-12(13)16/h4-7,11H,8-10,16H2,1-3H3,(H,17,20)(H,18,21). The summed E-state index contributed by atoms with van der Waals surface area (Å²) in [4.78, 5) is 25.2. The maximum atomic E-state index is 11.9. The second-order valence-corrected chi connectivity index (χ2v) is 5.51. The normalized spacial score (nSPS) is 10.7. The van der Waals surface area contributed by atoms with Gasteiger partial charge in [-0.3, -0.25) is 14.5 Å². The molecule has 0 aliphatic heterocycles. The first-order valence-corrected chi connectivity index (χ1v) is 6.98. The van der Waals surface area contributed by atoms with Crippen LogP contribution in [-0.4, -0.2) is 43.4 Å². The van der Waals surface area contributed by atoms with Crippen molar-refractivity contribution >= 4 is 23.2 Å². The minimum atomic E-state index is -0.202. The molecule has 0 atom stereocenters. The summed E-state index contributed by atoms with van der Waals surface area (Å²) < 4.78 is 0. The van der Waals surface area contributed by atoms with E-state index in [0.717, 1.165) is 0 Å². The van der Waals surface area contributed by atoms with E-state index in [-0.39, 0.29) is 24.9 Å². The first kappa shape index (κ1) is 17.0. The Morgan fingerprint density at radius 1 is 1.19 bits per heavy atom. The lowest BCUT2D eigenvalue weighted by molar-refractivity contribution is -0.123. The molecule has 4 N–H and O–H groups in total. The largest absolute Gasteiger partial charge is 0.397 e. The van der Waals surface area contributed by atoms with Gasteiger partial charge in [-0.05, 0) is 25.1 Å². The first-order valence-electron chi connectivity index (χ1n) is 6.98. The van der Waals surface area contributed by atoms with Crippen LogP contribution >= 0.6 is 0 Å². The van der Waals surface area contributed by atoms with Crippen molar-refractivity contribution < 1.29 is 9.59 Å². The maximum absolute atomic E-state index is 11.9. The lowest BCUT2D eigenvalue weighted by atomic mass is 10.2. The number of hydrogen-bond acceptors (Lipinski definition) is 4. The van der Waals surface area contributed by atoms with Crippen LogP contribution in [0.1, 0.15) is 13.8 Å². The molecule has 116 valence electrons. The van der Waals surface area contributed by atoms with Crippen molar-refractivity contribution in [2.24, 2.45) is 5.92 Å². The van der Waals surface area contributed by atoms with Crippen molar-refractivity contribution in [2.45, 2.75) is 13.8 Å². The van der Waals surface area contributed by atoms with Crippen LogP contribution in [0, 0.1) is 5.92 Å². The van der Waals surface area contributed by atoms with Crippen LogP contribution in [0.3, 0.4) is 0 Å². The molecule has 0 unspecified atom stereocenters. The van der Waals surface area contributed by atoms with Crippen LogP contribution in [0.4, 0.5) is 11.4 Å². The highest BCUT2D eigenvalue weighted by Gasteiger charge is 2.11. The highest BCUT2D eigenvalue weighted by atomic mass is 16.2. The van der Waals surface area contributed by atoms with Crippen LogP contribution in [-0.2, 0) is 9.59 Å². The van der Waals surface area contributed by atoms with Crippen molar-refractivity contribution in [1.29, 1.82) is 0 Å². The minimum absolute atomic E-state index is 0.0850. The molecular weight excluding hydrogens is 268 g/mol. The number of nitrogen functional groups attached to an aromatic ring is 1. The highest BCUT2D eigenvalue weighted by molar-refractivity contribution is 5.95. The molecule has 6 heteroatoms. The van der Waals surface area contributed by atoms with Gasteiger partial charge in [-0.15, -0.1) is 0 Å². The molecule has 0 saturated carbocycles. The van der Waals surface area contributed by atoms with E-state index in [4.69, 9.17) is 5.73 Å². The second kappa shape index (κ2) is 8.26. The Morgan fingerprint density at radius 2 is 1.81 bits per heavy atom. The fourth-order valence-electron chi connectivity index (χ4n) is 1.72. The third-order valence-corrected chi connectivity index (χ3v) is 2.77. The molecule has 1 aromatic rings. The zero-order valence-electron chi connectivity index (χ0n) is 12.8. The summed E-state index contributed by atoms with van der Waals surface area (Å²) in [5.41, 5.74) is 6.86. The van der Waals surface area contributed by atoms with Gasteiger partial charge in [0.2, 0.25) is 11.8 Å². The molecule has 0 aliphatic rings. The van der Waals surface area contributed by atoms with E-state index in [0.29, 0.717) is 23.8 Å². The molecular formula is C15H24N4O2. The van der Waals surface area contributed by atoms with Gasteiger partial charge in [-0.1, -0.05) is 26.0 Å². The number of nitrogens with two attached hydrogens (primary N) is 1. The van der Waals surface area contributed by atoms with Gasteiger partial charge in [-0.25, -0.2) is 0 Å². The van der Waals surface area contributed by atoms with Gasteiger partial charge >= 0.3 is 0 Å². The van der Waals surface area contributed by atoms with Gasteiger partial charge in [0.05, 0.1) is 24.5 Å². The molecule has 2 amide bonds. The highest BCUT2D eigenvalue weighted by Crippen LogP contribution is 2.16. The molecule has 6 nitrogen and oxygen atoms in total. The van der Waals surface area contributed by atoms with Crippen molar-refractivity contribution in [3.8, 4) is 0 Å². The second-order valence-electron chi connectivity index (χ2n) is 5.51. The predicted molar refractivity (Wildman–Crippen MR) is 84.8 cm³/mol. The Bertz CT molecular complexity index is 488. The lowest BCUT2D eigenvalue weighted by Crippen LogP contribution is -2.40. The van der Waals surface area contributed by atoms with E-state index in [9.17, 15) is 9.59 Å². The third kappa shape index (κ3) is 6.76. The third-order valence-electron chi connectivity index (χ3n) is 2.77. The molecule has 0 heterocycles. The van der Waals surface area contributed by atoms with Crippen LogP contribution in [0.15, 0.2) is 24.3 Å². The number of anilines is 2. The van der Waals surface area contributed by atoms with Gasteiger partial charge in [0.1, 0.15) is 0 Å². The predicted octanol–water partition coefficient (Wildman–Crippen LogP) is 0.911. The number of carbonyl (C=O) groups is 2. The van der Waals surface area contributed by atoms with Crippen molar-refractivity contribution in [1.82, 2.24) is 10.2 Å². The van der Waals surface area contributed by atoms with Gasteiger partial charge < -0.3 is 16.4 Å². The summed E-state index contributed by atoms with van der Waals surface area (Å²) in [7, 11) is 1.73. The van der Waals surface area contributed by atoms with Gasteiger partial charge in [-0.2, -0.15) is 0 Å². The van der Waals surface area contributed by atoms with Crippen LogP contribution < -0.4 is 16.4 Å². The smallest absolute Gasteiger partial charge is 0.238 e. The Kier molecular flexibility index (Phi) is 6.68. The fraction of sp³-hybridized carbons (Fsp3) is 0.467. The molecule has 1 aromatic carbocycles. The van der Waals surface area contributed by atoms with Crippen molar-refractivity contribution in [2.75, 3.05) is 37.7 Å². The number of hydrogen-bond donors (Lipinski definition) is 3. The molecule has 0 aliphatic carbocycles. The molecule has 0 spiro atoms. The van der Waals surface area contributed by atoms with E-state index in [1.807, 2.05) is 13.8 Å². The van der Waals surface area contributed by atoms with Crippen LogP contribution in [0.2, 0.25) is 0 Å². The van der Waals surface area contributed by atoms with Crippen LogP contribution in [0.25, 0.3) is 0 Å². The summed E-state index contributed by atoms with van der Waals surface area (Å²) in [5, 5.41) is 5.54. The summed E-state index contributed by atoms with van der Waals surface area (Å²) in [6.45, 7) is 5.01. The molecule has 0 aromatic heterocycles. The zero-order valence-corrected chi connectivity index (χ0v) is 12.8. The summed E-state index contributed by atoms with van der Waals surface area (Å²) >= 11 is 0. The van der Waals surface area contributed by atoms with Gasteiger partial charge in [0, 0.05) is 6.54 Å². The van der Waals surface area contributed by atoms with Gasteiger partial charge in [0.15, 0.2) is 0 Å². The first-order chi connectivity index (χ1) is 9.88. The molecule has 0 radical (unpaired) electrons. The Morgan fingerprint density at radius 3 is 2.43 bits per heavy atom. The molecule has 0 bridgehead atoms. The minimum Gasteiger partial charge on any atom is -0.397 e. The zero-order chi connectivity index (χ0) is 15.8. The number of amides is 2.